The smallest absolute Gasteiger partial charge is 0.234 e. The van der Waals surface area contributed by atoms with E-state index >= 15 is 0 Å². The first kappa shape index (κ1) is 21.4. The minimum Gasteiger partial charge on any atom is -0.454 e. The van der Waals surface area contributed by atoms with Crippen molar-refractivity contribution < 1.29 is 14.3 Å². The largest absolute Gasteiger partial charge is 0.454 e. The monoisotopic (exact) mass is 478 g/mol. The van der Waals surface area contributed by atoms with Crippen molar-refractivity contribution in [3.63, 3.8) is 0 Å². The first-order valence-corrected chi connectivity index (χ1v) is 11.5. The summed E-state index contributed by atoms with van der Waals surface area (Å²) in [5.41, 5.74) is 3.56. The van der Waals surface area contributed by atoms with Gasteiger partial charge in [0.15, 0.2) is 22.5 Å². The first-order chi connectivity index (χ1) is 16.1. The van der Waals surface area contributed by atoms with E-state index in [9.17, 15) is 4.79 Å². The molecule has 3 aromatic carbocycles. The molecule has 0 unspecified atom stereocenters. The Morgan fingerprint density at radius 2 is 1.88 bits per heavy atom. The van der Waals surface area contributed by atoms with Gasteiger partial charge < -0.3 is 14.8 Å². The molecule has 1 aliphatic rings. The number of ether oxygens (including phenoxy) is 2. The van der Waals surface area contributed by atoms with Gasteiger partial charge in [-0.3, -0.25) is 9.36 Å². The molecule has 1 aliphatic heterocycles. The number of fused-ring (bicyclic) bond motifs is 1. The van der Waals surface area contributed by atoms with Gasteiger partial charge in [0, 0.05) is 28.0 Å². The molecule has 1 amide bonds. The number of thioether (sulfide) groups is 1. The lowest BCUT2D eigenvalue weighted by Gasteiger charge is -2.11. The van der Waals surface area contributed by atoms with E-state index < -0.39 is 0 Å². The molecule has 5 rings (SSSR count). The summed E-state index contributed by atoms with van der Waals surface area (Å²) in [5.74, 6) is 1.97. The van der Waals surface area contributed by atoms with Crippen molar-refractivity contribution >= 4 is 35.0 Å². The summed E-state index contributed by atoms with van der Waals surface area (Å²) in [7, 11) is 0. The number of hydrogen-bond donors (Lipinski definition) is 1. The molecule has 0 radical (unpaired) electrons. The predicted molar refractivity (Wildman–Crippen MR) is 128 cm³/mol. The predicted octanol–water partition coefficient (Wildman–Crippen LogP) is 5.36. The zero-order chi connectivity index (χ0) is 22.8. The highest BCUT2D eigenvalue weighted by Crippen LogP contribution is 2.34. The third-order valence-electron chi connectivity index (χ3n) is 4.98. The molecule has 0 fully saturated rings. The molecule has 0 aliphatic carbocycles. The van der Waals surface area contributed by atoms with Crippen LogP contribution >= 0.6 is 23.4 Å². The van der Waals surface area contributed by atoms with Gasteiger partial charge in [-0.1, -0.05) is 35.5 Å². The molecule has 1 aromatic heterocycles. The lowest BCUT2D eigenvalue weighted by Crippen LogP contribution is -2.14. The van der Waals surface area contributed by atoms with Crippen molar-refractivity contribution in [1.82, 2.24) is 14.8 Å². The van der Waals surface area contributed by atoms with E-state index in [1.54, 1.807) is 18.2 Å². The molecule has 33 heavy (non-hydrogen) atoms. The topological polar surface area (TPSA) is 78.3 Å². The number of carbonyl (C=O) groups excluding carboxylic acids is 1. The van der Waals surface area contributed by atoms with Crippen molar-refractivity contribution in [1.29, 1.82) is 0 Å². The number of benzene rings is 3. The van der Waals surface area contributed by atoms with Gasteiger partial charge in [-0.25, -0.2) is 0 Å². The van der Waals surface area contributed by atoms with Crippen molar-refractivity contribution in [3.05, 3.63) is 77.3 Å². The van der Waals surface area contributed by atoms with E-state index in [1.165, 1.54) is 11.8 Å². The van der Waals surface area contributed by atoms with Crippen LogP contribution in [-0.2, 0) is 4.79 Å². The third kappa shape index (κ3) is 4.67. The van der Waals surface area contributed by atoms with Gasteiger partial charge in [0.25, 0.3) is 0 Å². The standard InChI is InChI=1S/C24H19ClN4O3S/c1-15-3-2-4-19(11-15)29-23(16-5-7-17(25)8-6-16)27-28-24(29)33-13-22(30)26-18-9-10-20-21(12-18)32-14-31-20/h2-12H,13-14H2,1H3,(H,26,30). The fraction of sp³-hybridized carbons (Fsp3) is 0.125. The van der Waals surface area contributed by atoms with E-state index in [2.05, 4.69) is 21.6 Å². The molecule has 0 saturated carbocycles. The highest BCUT2D eigenvalue weighted by Gasteiger charge is 2.18. The maximum Gasteiger partial charge on any atom is 0.234 e. The number of halogens is 1. The van der Waals surface area contributed by atoms with Crippen LogP contribution in [0.4, 0.5) is 5.69 Å². The quantitative estimate of drug-likeness (QED) is 0.376. The Bertz CT molecular complexity index is 1320. The average molecular weight is 479 g/mol. The maximum absolute atomic E-state index is 12.6. The van der Waals surface area contributed by atoms with Crippen molar-refractivity contribution in [2.75, 3.05) is 17.9 Å². The van der Waals surface area contributed by atoms with Gasteiger partial charge in [0.1, 0.15) is 0 Å². The zero-order valence-corrected chi connectivity index (χ0v) is 19.2. The van der Waals surface area contributed by atoms with Crippen LogP contribution in [-0.4, -0.2) is 33.2 Å². The molecule has 7 nitrogen and oxygen atoms in total. The molecule has 0 spiro atoms. The highest BCUT2D eigenvalue weighted by atomic mass is 35.5. The number of rotatable bonds is 6. The van der Waals surface area contributed by atoms with Crippen molar-refractivity contribution in [2.24, 2.45) is 0 Å². The number of hydrogen-bond acceptors (Lipinski definition) is 6. The van der Waals surface area contributed by atoms with Crippen LogP contribution < -0.4 is 14.8 Å². The summed E-state index contributed by atoms with van der Waals surface area (Å²) in [6, 6.07) is 20.8. The van der Waals surface area contributed by atoms with Crippen LogP contribution in [0.3, 0.4) is 0 Å². The fourth-order valence-corrected chi connectivity index (χ4v) is 4.33. The summed E-state index contributed by atoms with van der Waals surface area (Å²) < 4.78 is 12.6. The second-order valence-corrected chi connectivity index (χ2v) is 8.77. The van der Waals surface area contributed by atoms with Crippen molar-refractivity contribution in [2.45, 2.75) is 12.1 Å². The first-order valence-electron chi connectivity index (χ1n) is 10.2. The third-order valence-corrected chi connectivity index (χ3v) is 6.17. The van der Waals surface area contributed by atoms with Crippen LogP contribution in [0, 0.1) is 6.92 Å². The number of amides is 1. The summed E-state index contributed by atoms with van der Waals surface area (Å²) in [4.78, 5) is 12.6. The van der Waals surface area contributed by atoms with Crippen LogP contribution in [0.5, 0.6) is 11.5 Å². The number of aromatic nitrogens is 3. The summed E-state index contributed by atoms with van der Waals surface area (Å²) in [6.07, 6.45) is 0. The Kier molecular flexibility index (Phi) is 5.93. The number of nitrogens with zero attached hydrogens (tertiary/aromatic N) is 3. The van der Waals surface area contributed by atoms with Gasteiger partial charge in [-0.2, -0.15) is 0 Å². The molecule has 0 saturated heterocycles. The van der Waals surface area contributed by atoms with Crippen LogP contribution in [0.2, 0.25) is 5.02 Å². The zero-order valence-electron chi connectivity index (χ0n) is 17.6. The molecule has 1 N–H and O–H groups in total. The number of anilines is 1. The van der Waals surface area contributed by atoms with Gasteiger partial charge in [0.05, 0.1) is 5.75 Å². The van der Waals surface area contributed by atoms with E-state index in [-0.39, 0.29) is 18.5 Å². The molecule has 166 valence electrons. The Balaban J connectivity index is 1.38. The van der Waals surface area contributed by atoms with E-state index in [1.807, 2.05) is 54.0 Å². The van der Waals surface area contributed by atoms with Gasteiger partial charge in [0.2, 0.25) is 12.7 Å². The van der Waals surface area contributed by atoms with Crippen molar-refractivity contribution in [3.8, 4) is 28.6 Å². The molecular weight excluding hydrogens is 460 g/mol. The second-order valence-electron chi connectivity index (χ2n) is 7.39. The molecular formula is C24H19ClN4O3S. The summed E-state index contributed by atoms with van der Waals surface area (Å²) >= 11 is 7.37. The highest BCUT2D eigenvalue weighted by molar-refractivity contribution is 7.99. The Morgan fingerprint density at radius 3 is 2.70 bits per heavy atom. The number of nitrogens with one attached hydrogen (secondary N) is 1. The molecule has 2 heterocycles. The van der Waals surface area contributed by atoms with Gasteiger partial charge >= 0.3 is 0 Å². The fourth-order valence-electron chi connectivity index (χ4n) is 3.45. The van der Waals surface area contributed by atoms with E-state index in [4.69, 9.17) is 21.1 Å². The Morgan fingerprint density at radius 1 is 1.06 bits per heavy atom. The minimum atomic E-state index is -0.161. The number of aryl methyl sites for hydroxylation is 1. The van der Waals surface area contributed by atoms with Gasteiger partial charge in [-0.05, 0) is 61.0 Å². The molecule has 0 bridgehead atoms. The molecule has 9 heteroatoms. The molecule has 4 aromatic rings. The normalized spacial score (nSPS) is 12.1. The second kappa shape index (κ2) is 9.17. The Hall–Kier alpha value is -3.49. The van der Waals surface area contributed by atoms with Crippen LogP contribution in [0.1, 0.15) is 5.56 Å². The van der Waals surface area contributed by atoms with Crippen LogP contribution in [0.15, 0.2) is 71.9 Å². The van der Waals surface area contributed by atoms with E-state index in [0.29, 0.717) is 33.2 Å². The molecule has 0 atom stereocenters. The number of carbonyl (C=O) groups is 1. The van der Waals surface area contributed by atoms with Crippen LogP contribution in [0.25, 0.3) is 17.1 Å². The average Bonchev–Trinajstić information content (AvgIpc) is 3.45. The SMILES string of the molecule is Cc1cccc(-n2c(SCC(=O)Nc3ccc4c(c3)OCO4)nnc2-c2ccc(Cl)cc2)c1. The summed E-state index contributed by atoms with van der Waals surface area (Å²) in [6.45, 7) is 2.22. The minimum absolute atomic E-state index is 0.161. The summed E-state index contributed by atoms with van der Waals surface area (Å²) in [5, 5.41) is 12.9. The Labute approximate surface area is 199 Å². The maximum atomic E-state index is 12.6. The lowest BCUT2D eigenvalue weighted by molar-refractivity contribution is -0.113. The van der Waals surface area contributed by atoms with Gasteiger partial charge in [-0.15, -0.1) is 10.2 Å². The lowest BCUT2D eigenvalue weighted by atomic mass is 10.2. The van der Waals surface area contributed by atoms with E-state index in [0.717, 1.165) is 16.8 Å².